The molecular formula is C11H8FN5O. The fourth-order valence-electron chi connectivity index (χ4n) is 1.51. The van der Waals surface area contributed by atoms with Gasteiger partial charge in [0.1, 0.15) is 5.82 Å². The Morgan fingerprint density at radius 3 is 2.94 bits per heavy atom. The van der Waals surface area contributed by atoms with Crippen LogP contribution in [0.3, 0.4) is 0 Å². The zero-order chi connectivity index (χ0) is 12.5. The Balaban J connectivity index is 1.99. The van der Waals surface area contributed by atoms with Crippen LogP contribution in [0.5, 0.6) is 0 Å². The Bertz CT molecular complexity index is 690. The van der Waals surface area contributed by atoms with E-state index < -0.39 is 0 Å². The molecule has 0 fully saturated rings. The lowest BCUT2D eigenvalue weighted by Crippen LogP contribution is -1.94. The third kappa shape index (κ3) is 1.86. The van der Waals surface area contributed by atoms with Gasteiger partial charge in [-0.2, -0.15) is 4.98 Å². The minimum absolute atomic E-state index is 0.333. The van der Waals surface area contributed by atoms with E-state index in [1.807, 2.05) is 0 Å². The number of benzene rings is 1. The topological polar surface area (TPSA) is 69.6 Å². The fraction of sp³-hybridized carbons (Fsp3) is 0.0909. The van der Waals surface area contributed by atoms with Crippen molar-refractivity contribution < 1.29 is 8.91 Å². The van der Waals surface area contributed by atoms with Crippen LogP contribution in [0.4, 0.5) is 4.39 Å². The van der Waals surface area contributed by atoms with Crippen molar-refractivity contribution in [3.8, 4) is 17.2 Å². The van der Waals surface area contributed by atoms with Crippen molar-refractivity contribution in [3.63, 3.8) is 0 Å². The van der Waals surface area contributed by atoms with Crippen molar-refractivity contribution in [2.24, 2.45) is 0 Å². The number of halogens is 1. The molecule has 3 rings (SSSR count). The molecule has 0 spiro atoms. The van der Waals surface area contributed by atoms with Gasteiger partial charge in [0, 0.05) is 6.92 Å². The van der Waals surface area contributed by atoms with Gasteiger partial charge in [-0.1, -0.05) is 16.4 Å². The Morgan fingerprint density at radius 2 is 2.22 bits per heavy atom. The highest BCUT2D eigenvalue weighted by Gasteiger charge is 2.11. The molecule has 0 radical (unpaired) electrons. The Morgan fingerprint density at radius 1 is 1.33 bits per heavy atom. The molecule has 18 heavy (non-hydrogen) atoms. The van der Waals surface area contributed by atoms with E-state index in [0.717, 1.165) is 0 Å². The molecule has 1 aromatic carbocycles. The summed E-state index contributed by atoms with van der Waals surface area (Å²) in [4.78, 5) is 4.04. The summed E-state index contributed by atoms with van der Waals surface area (Å²) in [6.45, 7) is 1.69. The first-order valence-electron chi connectivity index (χ1n) is 5.21. The summed E-state index contributed by atoms with van der Waals surface area (Å²) in [5.74, 6) is 0.473. The Labute approximate surface area is 101 Å². The quantitative estimate of drug-likeness (QED) is 0.688. The summed E-state index contributed by atoms with van der Waals surface area (Å²) in [5, 5.41) is 11.5. The number of hydrogen-bond acceptors (Lipinski definition) is 5. The lowest BCUT2D eigenvalue weighted by Gasteiger charge is -1.98. The van der Waals surface area contributed by atoms with Gasteiger partial charge in [-0.15, -0.1) is 5.10 Å². The second-order valence-corrected chi connectivity index (χ2v) is 3.67. The van der Waals surface area contributed by atoms with E-state index in [2.05, 4.69) is 20.5 Å². The number of hydrogen-bond donors (Lipinski definition) is 0. The van der Waals surface area contributed by atoms with Crippen LogP contribution in [0.15, 0.2) is 35.0 Å². The molecule has 0 aliphatic rings. The SMILES string of the molecule is Cc1nc(-c2cn(-c3cccc(F)c3)nn2)no1. The lowest BCUT2D eigenvalue weighted by molar-refractivity contribution is 0.394. The van der Waals surface area contributed by atoms with Gasteiger partial charge in [0.25, 0.3) is 0 Å². The average molecular weight is 245 g/mol. The summed E-state index contributed by atoms with van der Waals surface area (Å²) < 4.78 is 19.4. The van der Waals surface area contributed by atoms with Gasteiger partial charge in [-0.05, 0) is 18.2 Å². The molecule has 0 unspecified atom stereocenters. The van der Waals surface area contributed by atoms with Crippen LogP contribution in [0.25, 0.3) is 17.2 Å². The van der Waals surface area contributed by atoms with E-state index in [-0.39, 0.29) is 5.82 Å². The van der Waals surface area contributed by atoms with Crippen molar-refractivity contribution in [2.45, 2.75) is 6.92 Å². The van der Waals surface area contributed by atoms with Crippen molar-refractivity contribution in [1.29, 1.82) is 0 Å². The molecule has 6 nitrogen and oxygen atoms in total. The van der Waals surface area contributed by atoms with Crippen LogP contribution in [0.2, 0.25) is 0 Å². The van der Waals surface area contributed by atoms with Gasteiger partial charge in [-0.3, -0.25) is 0 Å². The highest BCUT2D eigenvalue weighted by molar-refractivity contribution is 5.47. The number of aryl methyl sites for hydroxylation is 1. The van der Waals surface area contributed by atoms with Crippen molar-refractivity contribution >= 4 is 0 Å². The molecule has 7 heteroatoms. The van der Waals surface area contributed by atoms with Gasteiger partial charge in [0.2, 0.25) is 11.7 Å². The fourth-order valence-corrected chi connectivity index (χ4v) is 1.51. The molecule has 0 N–H and O–H groups in total. The number of aromatic nitrogens is 5. The highest BCUT2D eigenvalue weighted by atomic mass is 19.1. The van der Waals surface area contributed by atoms with Crippen LogP contribution >= 0.6 is 0 Å². The maximum atomic E-state index is 13.1. The molecule has 0 atom stereocenters. The van der Waals surface area contributed by atoms with Gasteiger partial charge in [-0.25, -0.2) is 9.07 Å². The van der Waals surface area contributed by atoms with E-state index >= 15 is 0 Å². The van der Waals surface area contributed by atoms with Gasteiger partial charge < -0.3 is 4.52 Å². The van der Waals surface area contributed by atoms with Crippen LogP contribution in [0.1, 0.15) is 5.89 Å². The zero-order valence-corrected chi connectivity index (χ0v) is 9.41. The second kappa shape index (κ2) is 4.02. The number of rotatable bonds is 2. The predicted molar refractivity (Wildman–Crippen MR) is 59.3 cm³/mol. The molecule has 0 aliphatic heterocycles. The van der Waals surface area contributed by atoms with Gasteiger partial charge in [0.05, 0.1) is 11.9 Å². The third-order valence-corrected chi connectivity index (χ3v) is 2.32. The molecule has 90 valence electrons. The lowest BCUT2D eigenvalue weighted by atomic mass is 10.3. The van der Waals surface area contributed by atoms with Crippen molar-refractivity contribution in [1.82, 2.24) is 25.1 Å². The minimum Gasteiger partial charge on any atom is -0.339 e. The molecule has 0 amide bonds. The molecule has 0 saturated heterocycles. The summed E-state index contributed by atoms with van der Waals surface area (Å²) >= 11 is 0. The summed E-state index contributed by atoms with van der Waals surface area (Å²) in [6, 6.07) is 6.05. The largest absolute Gasteiger partial charge is 0.339 e. The zero-order valence-electron chi connectivity index (χ0n) is 9.41. The van der Waals surface area contributed by atoms with E-state index in [1.165, 1.54) is 16.8 Å². The smallest absolute Gasteiger partial charge is 0.224 e. The van der Waals surface area contributed by atoms with E-state index in [4.69, 9.17) is 4.52 Å². The molecule has 3 aromatic rings. The van der Waals surface area contributed by atoms with Crippen LogP contribution in [-0.4, -0.2) is 25.1 Å². The van der Waals surface area contributed by atoms with Crippen LogP contribution in [-0.2, 0) is 0 Å². The first-order valence-corrected chi connectivity index (χ1v) is 5.21. The Hall–Kier alpha value is -2.57. The minimum atomic E-state index is -0.333. The molecule has 0 bridgehead atoms. The predicted octanol–water partition coefficient (Wildman–Crippen LogP) is 1.76. The molecule has 2 aromatic heterocycles. The van der Waals surface area contributed by atoms with Crippen molar-refractivity contribution in [3.05, 3.63) is 42.2 Å². The Kier molecular flexibility index (Phi) is 2.36. The monoisotopic (exact) mass is 245 g/mol. The standard InChI is InChI=1S/C11H8FN5O/c1-7-13-11(15-18-7)10-6-17(16-14-10)9-4-2-3-8(12)5-9/h2-6H,1H3. The molecular weight excluding hydrogens is 237 g/mol. The molecule has 2 heterocycles. The average Bonchev–Trinajstić information content (AvgIpc) is 2.97. The van der Waals surface area contributed by atoms with E-state index in [0.29, 0.717) is 23.1 Å². The number of nitrogens with zero attached hydrogens (tertiary/aromatic N) is 5. The van der Waals surface area contributed by atoms with Crippen LogP contribution in [0, 0.1) is 12.7 Å². The normalized spacial score (nSPS) is 10.8. The van der Waals surface area contributed by atoms with E-state index in [1.54, 1.807) is 25.3 Å². The highest BCUT2D eigenvalue weighted by Crippen LogP contribution is 2.14. The molecule has 0 aliphatic carbocycles. The first-order chi connectivity index (χ1) is 8.72. The maximum Gasteiger partial charge on any atom is 0.224 e. The van der Waals surface area contributed by atoms with Crippen LogP contribution < -0.4 is 0 Å². The maximum absolute atomic E-state index is 13.1. The van der Waals surface area contributed by atoms with E-state index in [9.17, 15) is 4.39 Å². The van der Waals surface area contributed by atoms with Gasteiger partial charge in [0.15, 0.2) is 5.69 Å². The molecule has 0 saturated carbocycles. The van der Waals surface area contributed by atoms with Gasteiger partial charge >= 0.3 is 0 Å². The third-order valence-electron chi connectivity index (χ3n) is 2.32. The second-order valence-electron chi connectivity index (χ2n) is 3.67. The summed E-state index contributed by atoms with van der Waals surface area (Å²) in [7, 11) is 0. The first kappa shape index (κ1) is 10.6. The summed E-state index contributed by atoms with van der Waals surface area (Å²) in [6.07, 6.45) is 1.61. The summed E-state index contributed by atoms with van der Waals surface area (Å²) in [5.41, 5.74) is 1.05. The van der Waals surface area contributed by atoms with Crippen molar-refractivity contribution in [2.75, 3.05) is 0 Å².